The minimum atomic E-state index is -1.32. The van der Waals surface area contributed by atoms with Crippen molar-refractivity contribution in [3.63, 3.8) is 0 Å². The topological polar surface area (TPSA) is 68.1 Å². The largest absolute Gasteiger partial charge is 0.476 e. The van der Waals surface area contributed by atoms with E-state index in [1.165, 1.54) is 7.11 Å². The van der Waals surface area contributed by atoms with Crippen LogP contribution in [0.3, 0.4) is 0 Å². The molecule has 1 aromatic rings. The van der Waals surface area contributed by atoms with E-state index < -0.39 is 12.1 Å². The highest BCUT2D eigenvalue weighted by atomic mass is 16.5. The van der Waals surface area contributed by atoms with E-state index in [-0.39, 0.29) is 0 Å². The second kappa shape index (κ2) is 4.97. The maximum absolute atomic E-state index is 11.3. The standard InChI is InChI=1S/C12H13NO4/c1-16-12(15)10(14)8-4-2-3-5-9(8)11-13-6-7-17-11/h2-5,10,14H,6-7H2,1H3. The molecule has 0 amide bonds. The number of aliphatic hydroxyl groups is 1. The summed E-state index contributed by atoms with van der Waals surface area (Å²) in [6, 6.07) is 6.94. The monoisotopic (exact) mass is 235 g/mol. The van der Waals surface area contributed by atoms with Crippen LogP contribution in [-0.4, -0.2) is 37.2 Å². The molecule has 1 N–H and O–H groups in total. The van der Waals surface area contributed by atoms with Crippen LogP contribution in [0.2, 0.25) is 0 Å². The quantitative estimate of drug-likeness (QED) is 0.782. The van der Waals surface area contributed by atoms with Crippen molar-refractivity contribution in [2.24, 2.45) is 4.99 Å². The second-order valence-electron chi connectivity index (χ2n) is 3.55. The SMILES string of the molecule is COC(=O)C(O)c1ccccc1C1=NCCO1. The summed E-state index contributed by atoms with van der Waals surface area (Å²) in [4.78, 5) is 15.5. The maximum Gasteiger partial charge on any atom is 0.339 e. The van der Waals surface area contributed by atoms with Crippen molar-refractivity contribution in [3.05, 3.63) is 35.4 Å². The van der Waals surface area contributed by atoms with Gasteiger partial charge in [0.25, 0.3) is 0 Å². The summed E-state index contributed by atoms with van der Waals surface area (Å²) in [5.41, 5.74) is 1.07. The van der Waals surface area contributed by atoms with Gasteiger partial charge in [-0.05, 0) is 6.07 Å². The van der Waals surface area contributed by atoms with Gasteiger partial charge < -0.3 is 14.6 Å². The van der Waals surface area contributed by atoms with Gasteiger partial charge in [0.2, 0.25) is 5.90 Å². The molecular formula is C12H13NO4. The van der Waals surface area contributed by atoms with Crippen LogP contribution in [0.1, 0.15) is 17.2 Å². The molecule has 1 aromatic carbocycles. The Morgan fingerprint density at radius 2 is 2.29 bits per heavy atom. The number of methoxy groups -OCH3 is 1. The molecule has 0 spiro atoms. The third-order valence-corrected chi connectivity index (χ3v) is 2.50. The molecule has 1 atom stereocenters. The van der Waals surface area contributed by atoms with Crippen molar-refractivity contribution in [2.45, 2.75) is 6.10 Å². The Labute approximate surface area is 98.7 Å². The molecule has 0 saturated carbocycles. The summed E-state index contributed by atoms with van der Waals surface area (Å²) in [5, 5.41) is 9.85. The van der Waals surface area contributed by atoms with E-state index in [0.29, 0.717) is 30.2 Å². The number of esters is 1. The molecular weight excluding hydrogens is 222 g/mol. The normalized spacial score (nSPS) is 16.0. The molecule has 0 aliphatic carbocycles. The summed E-state index contributed by atoms with van der Waals surface area (Å²) >= 11 is 0. The molecule has 0 fully saturated rings. The van der Waals surface area contributed by atoms with Gasteiger partial charge in [-0.15, -0.1) is 0 Å². The summed E-state index contributed by atoms with van der Waals surface area (Å²) in [6.45, 7) is 1.12. The molecule has 0 radical (unpaired) electrons. The summed E-state index contributed by atoms with van der Waals surface area (Å²) in [7, 11) is 1.23. The molecule has 1 heterocycles. The highest BCUT2D eigenvalue weighted by molar-refractivity contribution is 5.97. The predicted octanol–water partition coefficient (Wildman–Crippen LogP) is 0.670. The Hall–Kier alpha value is -1.88. The first kappa shape index (κ1) is 11.6. The van der Waals surface area contributed by atoms with Crippen molar-refractivity contribution in [3.8, 4) is 0 Å². The third kappa shape index (κ3) is 2.29. The van der Waals surface area contributed by atoms with Gasteiger partial charge in [-0.1, -0.05) is 18.2 Å². The summed E-state index contributed by atoms with van der Waals surface area (Å²) in [6.07, 6.45) is -1.32. The van der Waals surface area contributed by atoms with Gasteiger partial charge in [0.1, 0.15) is 6.61 Å². The van der Waals surface area contributed by atoms with Gasteiger partial charge in [-0.25, -0.2) is 9.79 Å². The number of hydrogen-bond donors (Lipinski definition) is 1. The van der Waals surface area contributed by atoms with Gasteiger partial charge in [-0.2, -0.15) is 0 Å². The fourth-order valence-corrected chi connectivity index (χ4v) is 1.67. The van der Waals surface area contributed by atoms with Crippen LogP contribution in [0.25, 0.3) is 0 Å². The van der Waals surface area contributed by atoms with E-state index in [4.69, 9.17) is 4.74 Å². The van der Waals surface area contributed by atoms with E-state index in [1.807, 2.05) is 0 Å². The van der Waals surface area contributed by atoms with Crippen LogP contribution in [0.4, 0.5) is 0 Å². The van der Waals surface area contributed by atoms with Crippen molar-refractivity contribution >= 4 is 11.9 Å². The van der Waals surface area contributed by atoms with E-state index in [1.54, 1.807) is 24.3 Å². The first-order valence-electron chi connectivity index (χ1n) is 5.26. The highest BCUT2D eigenvalue weighted by Crippen LogP contribution is 2.21. The zero-order valence-electron chi connectivity index (χ0n) is 9.42. The Kier molecular flexibility index (Phi) is 3.39. The minimum Gasteiger partial charge on any atom is -0.476 e. The van der Waals surface area contributed by atoms with Crippen molar-refractivity contribution < 1.29 is 19.4 Å². The molecule has 0 bridgehead atoms. The average molecular weight is 235 g/mol. The second-order valence-corrected chi connectivity index (χ2v) is 3.55. The molecule has 0 saturated heterocycles. The number of rotatable bonds is 3. The Morgan fingerprint density at radius 1 is 1.53 bits per heavy atom. The number of carbonyl (C=O) groups is 1. The van der Waals surface area contributed by atoms with Crippen LogP contribution < -0.4 is 0 Å². The smallest absolute Gasteiger partial charge is 0.339 e. The fourth-order valence-electron chi connectivity index (χ4n) is 1.67. The van der Waals surface area contributed by atoms with Crippen molar-refractivity contribution in [1.82, 2.24) is 0 Å². The van der Waals surface area contributed by atoms with Crippen LogP contribution >= 0.6 is 0 Å². The van der Waals surface area contributed by atoms with Gasteiger partial charge in [0.15, 0.2) is 6.10 Å². The Morgan fingerprint density at radius 3 is 2.94 bits per heavy atom. The van der Waals surface area contributed by atoms with Crippen molar-refractivity contribution in [1.29, 1.82) is 0 Å². The molecule has 1 aliphatic heterocycles. The number of carbonyl (C=O) groups excluding carboxylic acids is 1. The van der Waals surface area contributed by atoms with Crippen LogP contribution in [0.15, 0.2) is 29.3 Å². The Bertz CT molecular complexity index is 456. The van der Waals surface area contributed by atoms with E-state index >= 15 is 0 Å². The first-order chi connectivity index (χ1) is 8.24. The molecule has 5 nitrogen and oxygen atoms in total. The van der Waals surface area contributed by atoms with Gasteiger partial charge in [-0.3, -0.25) is 0 Å². The van der Waals surface area contributed by atoms with E-state index in [9.17, 15) is 9.90 Å². The number of benzene rings is 1. The molecule has 90 valence electrons. The molecule has 17 heavy (non-hydrogen) atoms. The molecule has 0 aromatic heterocycles. The van der Waals surface area contributed by atoms with E-state index in [0.717, 1.165) is 0 Å². The number of hydrogen-bond acceptors (Lipinski definition) is 5. The molecule has 5 heteroatoms. The fraction of sp³-hybridized carbons (Fsp3) is 0.333. The Balaban J connectivity index is 2.36. The van der Waals surface area contributed by atoms with Crippen molar-refractivity contribution in [2.75, 3.05) is 20.3 Å². The lowest BCUT2D eigenvalue weighted by Gasteiger charge is -2.13. The first-order valence-corrected chi connectivity index (χ1v) is 5.26. The molecule has 1 unspecified atom stereocenters. The van der Waals surface area contributed by atoms with E-state index in [2.05, 4.69) is 9.73 Å². The van der Waals surface area contributed by atoms with Gasteiger partial charge in [0, 0.05) is 11.1 Å². The lowest BCUT2D eigenvalue weighted by molar-refractivity contribution is -0.150. The maximum atomic E-state index is 11.3. The number of nitrogens with zero attached hydrogens (tertiary/aromatic N) is 1. The minimum absolute atomic E-state index is 0.444. The predicted molar refractivity (Wildman–Crippen MR) is 60.8 cm³/mol. The summed E-state index contributed by atoms with van der Waals surface area (Å²) in [5.74, 6) is -0.236. The average Bonchev–Trinajstić information content (AvgIpc) is 2.90. The third-order valence-electron chi connectivity index (χ3n) is 2.50. The van der Waals surface area contributed by atoms with Crippen LogP contribution in [0.5, 0.6) is 0 Å². The highest BCUT2D eigenvalue weighted by Gasteiger charge is 2.24. The lowest BCUT2D eigenvalue weighted by atomic mass is 10.0. The van der Waals surface area contributed by atoms with Crippen LogP contribution in [0, 0.1) is 0 Å². The zero-order chi connectivity index (χ0) is 12.3. The molecule has 2 rings (SSSR count). The van der Waals surface area contributed by atoms with Gasteiger partial charge in [0.05, 0.1) is 13.7 Å². The number of ether oxygens (including phenoxy) is 2. The number of aliphatic hydroxyl groups excluding tert-OH is 1. The summed E-state index contributed by atoms with van der Waals surface area (Å²) < 4.78 is 9.84. The lowest BCUT2D eigenvalue weighted by Crippen LogP contribution is -2.17. The molecule has 1 aliphatic rings. The van der Waals surface area contributed by atoms with Crippen LogP contribution in [-0.2, 0) is 14.3 Å². The van der Waals surface area contributed by atoms with Gasteiger partial charge >= 0.3 is 5.97 Å². The zero-order valence-corrected chi connectivity index (χ0v) is 9.42. The number of aliphatic imine (C=N–C) groups is 1.